The molecule has 0 saturated carbocycles. The molecular weight excluding hydrogens is 340 g/mol. The Morgan fingerprint density at radius 3 is 2.82 bits per heavy atom. The number of sulfonamides is 1. The molecule has 122 valence electrons. The van der Waals surface area contributed by atoms with Crippen LogP contribution in [0.3, 0.4) is 0 Å². The van der Waals surface area contributed by atoms with Crippen LogP contribution in [-0.2, 0) is 14.8 Å². The summed E-state index contributed by atoms with van der Waals surface area (Å²) in [5.74, 6) is -1.33. The van der Waals surface area contributed by atoms with Crippen LogP contribution in [0, 0.1) is 10.1 Å². The fourth-order valence-corrected chi connectivity index (χ4v) is 3.67. The number of carboxylic acid groups (broad SMARTS) is 1. The van der Waals surface area contributed by atoms with E-state index in [1.165, 1.54) is 6.07 Å². The molecule has 0 spiro atoms. The van der Waals surface area contributed by atoms with Gasteiger partial charge in [0.25, 0.3) is 10.0 Å². The van der Waals surface area contributed by atoms with Gasteiger partial charge in [0.2, 0.25) is 5.03 Å². The van der Waals surface area contributed by atoms with Gasteiger partial charge in [-0.25, -0.2) is 13.4 Å². The van der Waals surface area contributed by atoms with Crippen molar-refractivity contribution in [3.8, 4) is 0 Å². The number of piperazine rings is 1. The van der Waals surface area contributed by atoms with Gasteiger partial charge in [-0.2, -0.15) is 4.31 Å². The second-order valence-electron chi connectivity index (χ2n) is 4.26. The summed E-state index contributed by atoms with van der Waals surface area (Å²) in [5.41, 5.74) is -0.680. The quantitative estimate of drug-likeness (QED) is 0.543. The Morgan fingerprint density at radius 1 is 1.55 bits per heavy atom. The molecular formula is C10H13ClN4O6S. The molecule has 1 fully saturated rings. The molecule has 0 bridgehead atoms. The lowest BCUT2D eigenvalue weighted by atomic mass is 10.2. The number of nitro groups is 1. The minimum atomic E-state index is -4.37. The van der Waals surface area contributed by atoms with Crippen molar-refractivity contribution in [2.45, 2.75) is 11.1 Å². The third-order valence-corrected chi connectivity index (χ3v) is 4.84. The van der Waals surface area contributed by atoms with Crippen LogP contribution in [0.1, 0.15) is 0 Å². The molecule has 1 aliphatic heterocycles. The van der Waals surface area contributed by atoms with Crippen LogP contribution in [0.2, 0.25) is 0 Å². The van der Waals surface area contributed by atoms with Crippen molar-refractivity contribution in [2.75, 3.05) is 19.6 Å². The molecule has 1 aromatic rings. The average Bonchev–Trinajstić information content (AvgIpc) is 2.47. The summed E-state index contributed by atoms with van der Waals surface area (Å²) in [5, 5.41) is 22.0. The number of nitrogens with one attached hydrogen (secondary N) is 1. The molecule has 0 amide bonds. The summed E-state index contributed by atoms with van der Waals surface area (Å²) in [6.45, 7) is 0.0753. The van der Waals surface area contributed by atoms with E-state index in [0.717, 1.165) is 16.6 Å². The molecule has 2 rings (SSSR count). The van der Waals surface area contributed by atoms with Gasteiger partial charge >= 0.3 is 11.7 Å². The van der Waals surface area contributed by atoms with Gasteiger partial charge in [-0.05, 0) is 6.07 Å². The first-order valence-corrected chi connectivity index (χ1v) is 7.34. The highest BCUT2D eigenvalue weighted by Crippen LogP contribution is 2.25. The highest BCUT2D eigenvalue weighted by Gasteiger charge is 2.41. The zero-order valence-corrected chi connectivity index (χ0v) is 12.7. The van der Waals surface area contributed by atoms with Gasteiger partial charge in [-0.15, -0.1) is 12.4 Å². The third kappa shape index (κ3) is 3.32. The van der Waals surface area contributed by atoms with Crippen LogP contribution >= 0.6 is 12.4 Å². The molecule has 2 N–H and O–H groups in total. The molecule has 0 radical (unpaired) electrons. The van der Waals surface area contributed by atoms with Crippen LogP contribution in [0.15, 0.2) is 23.4 Å². The summed E-state index contributed by atoms with van der Waals surface area (Å²) in [4.78, 5) is 24.8. The molecule has 1 saturated heterocycles. The van der Waals surface area contributed by atoms with Crippen molar-refractivity contribution in [1.29, 1.82) is 0 Å². The first-order chi connectivity index (χ1) is 9.85. The normalized spacial score (nSPS) is 19.2. The van der Waals surface area contributed by atoms with E-state index in [-0.39, 0.29) is 32.0 Å². The van der Waals surface area contributed by atoms with Gasteiger partial charge in [-0.1, -0.05) is 0 Å². The Hall–Kier alpha value is -1.82. The smallest absolute Gasteiger partial charge is 0.323 e. The Bertz CT molecular complexity index is 682. The lowest BCUT2D eigenvalue weighted by molar-refractivity contribution is -0.388. The van der Waals surface area contributed by atoms with E-state index in [1.807, 2.05) is 0 Å². The van der Waals surface area contributed by atoms with Crippen molar-refractivity contribution in [1.82, 2.24) is 14.6 Å². The van der Waals surface area contributed by atoms with Crippen LogP contribution in [0.25, 0.3) is 0 Å². The number of carbonyl (C=O) groups is 1. The Kier molecular flexibility index (Phi) is 5.77. The number of nitrogens with zero attached hydrogens (tertiary/aromatic N) is 3. The molecule has 1 aliphatic rings. The predicted octanol–water partition coefficient (Wildman–Crippen LogP) is -0.541. The molecule has 12 heteroatoms. The summed E-state index contributed by atoms with van der Waals surface area (Å²) < 4.78 is 25.7. The maximum atomic E-state index is 12.5. The van der Waals surface area contributed by atoms with Gasteiger partial charge in [0, 0.05) is 31.9 Å². The van der Waals surface area contributed by atoms with E-state index < -0.39 is 37.7 Å². The second kappa shape index (κ2) is 6.96. The molecule has 2 heterocycles. The van der Waals surface area contributed by atoms with Gasteiger partial charge in [0.15, 0.2) is 0 Å². The van der Waals surface area contributed by atoms with Gasteiger partial charge in [-0.3, -0.25) is 14.9 Å². The average molecular weight is 353 g/mol. The van der Waals surface area contributed by atoms with E-state index in [9.17, 15) is 23.3 Å². The number of hydrogen-bond donors (Lipinski definition) is 2. The zero-order chi connectivity index (χ0) is 15.6. The third-order valence-electron chi connectivity index (χ3n) is 2.98. The van der Waals surface area contributed by atoms with E-state index in [0.29, 0.717) is 0 Å². The van der Waals surface area contributed by atoms with E-state index >= 15 is 0 Å². The maximum absolute atomic E-state index is 12.5. The highest BCUT2D eigenvalue weighted by molar-refractivity contribution is 7.89. The molecule has 0 aromatic carbocycles. The van der Waals surface area contributed by atoms with Crippen LogP contribution in [0.5, 0.6) is 0 Å². The maximum Gasteiger partial charge on any atom is 0.323 e. The molecule has 0 aliphatic carbocycles. The lowest BCUT2D eigenvalue weighted by Gasteiger charge is -2.31. The number of aliphatic carboxylic acids is 1. The Balaban J connectivity index is 0.00000242. The number of hydrogen-bond acceptors (Lipinski definition) is 7. The standard InChI is InChI=1S/C10H12N4O6S.ClH/c15-10(16)8-6-11-4-5-13(8)21(19,20)9-7(14(17)18)2-1-3-12-9;/h1-3,8,11H,4-6H2,(H,15,16);1H. The molecule has 1 unspecified atom stereocenters. The minimum Gasteiger partial charge on any atom is -0.480 e. The van der Waals surface area contributed by atoms with Crippen LogP contribution in [0.4, 0.5) is 5.69 Å². The predicted molar refractivity (Wildman–Crippen MR) is 76.3 cm³/mol. The number of aromatic nitrogens is 1. The summed E-state index contributed by atoms with van der Waals surface area (Å²) in [7, 11) is -4.37. The first kappa shape index (κ1) is 18.2. The van der Waals surface area contributed by atoms with Crippen molar-refractivity contribution in [2.24, 2.45) is 0 Å². The largest absolute Gasteiger partial charge is 0.480 e. The van der Waals surface area contributed by atoms with Gasteiger partial charge < -0.3 is 10.4 Å². The van der Waals surface area contributed by atoms with Crippen LogP contribution < -0.4 is 5.32 Å². The van der Waals surface area contributed by atoms with Crippen molar-refractivity contribution < 1.29 is 23.2 Å². The molecule has 1 atom stereocenters. The van der Waals surface area contributed by atoms with Gasteiger partial charge in [0.1, 0.15) is 6.04 Å². The number of halogens is 1. The van der Waals surface area contributed by atoms with Gasteiger partial charge in [0.05, 0.1) is 4.92 Å². The topological polar surface area (TPSA) is 143 Å². The fourth-order valence-electron chi connectivity index (χ4n) is 2.01. The van der Waals surface area contributed by atoms with Crippen molar-refractivity contribution in [3.05, 3.63) is 28.4 Å². The van der Waals surface area contributed by atoms with E-state index in [2.05, 4.69) is 10.3 Å². The number of carboxylic acids is 1. The second-order valence-corrected chi connectivity index (χ2v) is 6.06. The highest BCUT2D eigenvalue weighted by atomic mass is 35.5. The van der Waals surface area contributed by atoms with E-state index in [1.54, 1.807) is 0 Å². The summed E-state index contributed by atoms with van der Waals surface area (Å²) in [6.07, 6.45) is 1.11. The molecule has 10 nitrogen and oxygen atoms in total. The monoisotopic (exact) mass is 352 g/mol. The lowest BCUT2D eigenvalue weighted by Crippen LogP contribution is -2.56. The first-order valence-electron chi connectivity index (χ1n) is 5.90. The summed E-state index contributed by atoms with van der Waals surface area (Å²) >= 11 is 0. The summed E-state index contributed by atoms with van der Waals surface area (Å²) in [6, 6.07) is 0.923. The van der Waals surface area contributed by atoms with Crippen LogP contribution in [-0.4, -0.2) is 59.4 Å². The zero-order valence-electron chi connectivity index (χ0n) is 11.1. The fraction of sp³-hybridized carbons (Fsp3) is 0.400. The molecule has 1 aromatic heterocycles. The van der Waals surface area contributed by atoms with Crippen molar-refractivity contribution >= 4 is 34.1 Å². The minimum absolute atomic E-state index is 0. The Morgan fingerprint density at radius 2 is 2.23 bits per heavy atom. The number of rotatable bonds is 4. The number of pyridine rings is 1. The Labute approximate surface area is 131 Å². The van der Waals surface area contributed by atoms with Crippen molar-refractivity contribution in [3.63, 3.8) is 0 Å². The SMILES string of the molecule is Cl.O=C(O)C1CNCCN1S(=O)(=O)c1ncccc1[N+](=O)[O-]. The molecule has 22 heavy (non-hydrogen) atoms. The van der Waals surface area contributed by atoms with E-state index in [4.69, 9.17) is 5.11 Å².